The monoisotopic (exact) mass is 314 g/mol. The molecule has 5 heteroatoms. The smallest absolute Gasteiger partial charge is 0.228 e. The number of thiophene rings is 1. The zero-order valence-corrected chi connectivity index (χ0v) is 13.5. The van der Waals surface area contributed by atoms with E-state index in [1.54, 1.807) is 11.3 Å². The van der Waals surface area contributed by atoms with Gasteiger partial charge in [0, 0.05) is 11.4 Å². The van der Waals surface area contributed by atoms with Gasteiger partial charge in [0.2, 0.25) is 5.91 Å². The van der Waals surface area contributed by atoms with E-state index in [-0.39, 0.29) is 29.8 Å². The Hall–Kier alpha value is -0.580. The maximum Gasteiger partial charge on any atom is 0.228 e. The van der Waals surface area contributed by atoms with Crippen molar-refractivity contribution in [2.45, 2.75) is 38.6 Å². The molecule has 2 heterocycles. The van der Waals surface area contributed by atoms with E-state index in [0.29, 0.717) is 5.92 Å². The van der Waals surface area contributed by atoms with E-state index in [1.165, 1.54) is 24.1 Å². The quantitative estimate of drug-likeness (QED) is 0.900. The molecule has 20 heavy (non-hydrogen) atoms. The molecule has 1 saturated heterocycles. The van der Waals surface area contributed by atoms with Crippen LogP contribution < -0.4 is 10.6 Å². The molecule has 3 nitrogen and oxygen atoms in total. The second kappa shape index (κ2) is 6.46. The fourth-order valence-electron chi connectivity index (χ4n) is 3.64. The molecule has 2 aliphatic rings. The van der Waals surface area contributed by atoms with Crippen molar-refractivity contribution in [1.29, 1.82) is 0 Å². The van der Waals surface area contributed by atoms with Crippen molar-refractivity contribution in [2.75, 3.05) is 13.1 Å². The number of amides is 1. The molecule has 1 aromatic rings. The maximum atomic E-state index is 12.8. The predicted octanol–water partition coefficient (Wildman–Crippen LogP) is 3.13. The van der Waals surface area contributed by atoms with Crippen LogP contribution in [0.2, 0.25) is 0 Å². The molecule has 112 valence electrons. The standard InChI is InChI=1S/C15H22N2OS.ClH/c1-11(13-6-4-8-19-13)17-14(18)15-7-3-2-5-12(15)9-16-10-15;/h4,6,8,11-12,16H,2-3,5,7,9-10H2,1H3,(H,17,18);1H/t11?,12-,15+;/m0./s1. The average molecular weight is 315 g/mol. The van der Waals surface area contributed by atoms with Crippen molar-refractivity contribution < 1.29 is 4.79 Å². The number of hydrogen-bond donors (Lipinski definition) is 2. The van der Waals surface area contributed by atoms with E-state index in [2.05, 4.69) is 29.0 Å². The molecule has 0 radical (unpaired) electrons. The molecule has 1 amide bonds. The highest BCUT2D eigenvalue weighted by Gasteiger charge is 2.49. The Morgan fingerprint density at radius 3 is 3.15 bits per heavy atom. The van der Waals surface area contributed by atoms with Gasteiger partial charge < -0.3 is 10.6 Å². The van der Waals surface area contributed by atoms with Crippen molar-refractivity contribution in [1.82, 2.24) is 10.6 Å². The minimum Gasteiger partial charge on any atom is -0.348 e. The first-order valence-corrected chi connectivity index (χ1v) is 8.15. The molecular formula is C15H23ClN2OS. The van der Waals surface area contributed by atoms with Gasteiger partial charge in [0.15, 0.2) is 0 Å². The minimum atomic E-state index is -0.135. The van der Waals surface area contributed by atoms with Crippen LogP contribution in [0.15, 0.2) is 17.5 Å². The Balaban J connectivity index is 0.00000147. The van der Waals surface area contributed by atoms with Crippen molar-refractivity contribution in [3.8, 4) is 0 Å². The zero-order chi connectivity index (χ0) is 13.3. The molecule has 1 unspecified atom stereocenters. The highest BCUT2D eigenvalue weighted by atomic mass is 35.5. The van der Waals surface area contributed by atoms with Crippen LogP contribution in [-0.4, -0.2) is 19.0 Å². The lowest BCUT2D eigenvalue weighted by molar-refractivity contribution is -0.134. The van der Waals surface area contributed by atoms with Gasteiger partial charge in [-0.25, -0.2) is 0 Å². The van der Waals surface area contributed by atoms with Crippen LogP contribution in [0.3, 0.4) is 0 Å². The van der Waals surface area contributed by atoms with E-state index in [0.717, 1.165) is 19.5 Å². The lowest BCUT2D eigenvalue weighted by atomic mass is 9.67. The number of halogens is 1. The third kappa shape index (κ3) is 2.74. The molecule has 1 aliphatic heterocycles. The first-order chi connectivity index (χ1) is 9.22. The van der Waals surface area contributed by atoms with Crippen LogP contribution in [0.5, 0.6) is 0 Å². The van der Waals surface area contributed by atoms with Crippen LogP contribution in [0.4, 0.5) is 0 Å². The molecule has 0 spiro atoms. The number of rotatable bonds is 3. The van der Waals surface area contributed by atoms with Crippen molar-refractivity contribution in [3.05, 3.63) is 22.4 Å². The van der Waals surface area contributed by atoms with Gasteiger partial charge >= 0.3 is 0 Å². The summed E-state index contributed by atoms with van der Waals surface area (Å²) in [6, 6.07) is 4.27. The number of nitrogens with one attached hydrogen (secondary N) is 2. The average Bonchev–Trinajstić information content (AvgIpc) is 3.08. The predicted molar refractivity (Wildman–Crippen MR) is 85.4 cm³/mol. The highest BCUT2D eigenvalue weighted by Crippen LogP contribution is 2.44. The van der Waals surface area contributed by atoms with Gasteiger partial charge in [-0.2, -0.15) is 0 Å². The second-order valence-electron chi connectivity index (χ2n) is 5.94. The lowest BCUT2D eigenvalue weighted by Gasteiger charge is -2.37. The summed E-state index contributed by atoms with van der Waals surface area (Å²) < 4.78 is 0. The summed E-state index contributed by atoms with van der Waals surface area (Å²) >= 11 is 1.71. The Morgan fingerprint density at radius 2 is 2.40 bits per heavy atom. The van der Waals surface area contributed by atoms with Crippen LogP contribution >= 0.6 is 23.7 Å². The van der Waals surface area contributed by atoms with Crippen LogP contribution in [0, 0.1) is 11.3 Å². The van der Waals surface area contributed by atoms with E-state index in [9.17, 15) is 4.79 Å². The van der Waals surface area contributed by atoms with Gasteiger partial charge in [-0.05, 0) is 43.7 Å². The van der Waals surface area contributed by atoms with Crippen molar-refractivity contribution in [2.24, 2.45) is 11.3 Å². The molecule has 2 fully saturated rings. The fraction of sp³-hybridized carbons (Fsp3) is 0.667. The molecule has 3 atom stereocenters. The normalized spacial score (nSPS) is 30.1. The van der Waals surface area contributed by atoms with Gasteiger partial charge in [-0.15, -0.1) is 23.7 Å². The highest BCUT2D eigenvalue weighted by molar-refractivity contribution is 7.10. The van der Waals surface area contributed by atoms with Gasteiger partial charge in [0.05, 0.1) is 11.5 Å². The second-order valence-corrected chi connectivity index (χ2v) is 6.92. The van der Waals surface area contributed by atoms with Gasteiger partial charge in [-0.3, -0.25) is 4.79 Å². The summed E-state index contributed by atoms with van der Waals surface area (Å²) in [5, 5.41) is 8.75. The van der Waals surface area contributed by atoms with E-state index < -0.39 is 0 Å². The number of carbonyl (C=O) groups excluding carboxylic acids is 1. The van der Waals surface area contributed by atoms with Crippen molar-refractivity contribution in [3.63, 3.8) is 0 Å². The number of fused-ring (bicyclic) bond motifs is 1. The fourth-order valence-corrected chi connectivity index (χ4v) is 4.37. The Kier molecular flexibility index (Phi) is 5.10. The SMILES string of the molecule is CC(NC(=O)[C@@]12CCCC[C@H]1CNC2)c1cccs1.Cl. The maximum absolute atomic E-state index is 12.8. The largest absolute Gasteiger partial charge is 0.348 e. The molecule has 1 aliphatic carbocycles. The number of hydrogen-bond acceptors (Lipinski definition) is 3. The Morgan fingerprint density at radius 1 is 1.55 bits per heavy atom. The molecule has 3 rings (SSSR count). The molecule has 0 aromatic carbocycles. The Bertz CT molecular complexity index is 451. The zero-order valence-electron chi connectivity index (χ0n) is 11.9. The molecule has 2 N–H and O–H groups in total. The van der Waals surface area contributed by atoms with Gasteiger partial charge in [0.1, 0.15) is 0 Å². The molecule has 1 aromatic heterocycles. The molecule has 0 bridgehead atoms. The summed E-state index contributed by atoms with van der Waals surface area (Å²) in [6.07, 6.45) is 4.72. The lowest BCUT2D eigenvalue weighted by Crippen LogP contribution is -2.48. The Labute approximate surface area is 130 Å². The van der Waals surface area contributed by atoms with Crippen molar-refractivity contribution >= 4 is 29.7 Å². The van der Waals surface area contributed by atoms with E-state index in [4.69, 9.17) is 0 Å². The summed E-state index contributed by atoms with van der Waals surface area (Å²) in [4.78, 5) is 14.0. The minimum absolute atomic E-state index is 0. The summed E-state index contributed by atoms with van der Waals surface area (Å²) in [6.45, 7) is 3.96. The van der Waals surface area contributed by atoms with Gasteiger partial charge in [0.25, 0.3) is 0 Å². The third-order valence-corrected chi connectivity index (χ3v) is 5.86. The summed E-state index contributed by atoms with van der Waals surface area (Å²) in [7, 11) is 0. The topological polar surface area (TPSA) is 41.1 Å². The van der Waals surface area contributed by atoms with Crippen LogP contribution in [-0.2, 0) is 4.79 Å². The first-order valence-electron chi connectivity index (χ1n) is 7.27. The summed E-state index contributed by atoms with van der Waals surface area (Å²) in [5.41, 5.74) is -0.135. The first kappa shape index (κ1) is 15.8. The van der Waals surface area contributed by atoms with Crippen LogP contribution in [0.1, 0.15) is 43.5 Å². The summed E-state index contributed by atoms with van der Waals surface area (Å²) in [5.74, 6) is 0.805. The molecule has 1 saturated carbocycles. The van der Waals surface area contributed by atoms with Gasteiger partial charge in [-0.1, -0.05) is 18.9 Å². The number of carbonyl (C=O) groups is 1. The van der Waals surface area contributed by atoms with E-state index in [1.807, 2.05) is 6.07 Å². The third-order valence-electron chi connectivity index (χ3n) is 4.81. The van der Waals surface area contributed by atoms with E-state index >= 15 is 0 Å². The van der Waals surface area contributed by atoms with Crippen LogP contribution in [0.25, 0.3) is 0 Å². The molecular weight excluding hydrogens is 292 g/mol.